The fourth-order valence-electron chi connectivity index (χ4n) is 1.92. The van der Waals surface area contributed by atoms with Crippen LogP contribution in [0.25, 0.3) is 20.7 Å². The van der Waals surface area contributed by atoms with Gasteiger partial charge in [0.15, 0.2) is 4.83 Å². The fourth-order valence-corrected chi connectivity index (χ4v) is 2.89. The molecule has 0 bridgehead atoms. The largest absolute Gasteiger partial charge is 0.468 e. The SMILES string of the molecule is COC(=O)Cn1nnc2sc(-c3ccccc3)cc2c1=O. The number of carbonyl (C=O) groups excluding carboxylic acids is 1. The summed E-state index contributed by atoms with van der Waals surface area (Å²) < 4.78 is 5.54. The van der Waals surface area contributed by atoms with Gasteiger partial charge in [0.05, 0.1) is 12.5 Å². The number of ether oxygens (including phenoxy) is 1. The molecule has 2 aromatic heterocycles. The molecular weight excluding hydrogens is 290 g/mol. The Hall–Kier alpha value is -2.54. The van der Waals surface area contributed by atoms with Gasteiger partial charge in [-0.2, -0.15) is 4.68 Å². The van der Waals surface area contributed by atoms with Crippen LogP contribution in [0.15, 0.2) is 41.2 Å². The average Bonchev–Trinajstić information content (AvgIpc) is 2.96. The van der Waals surface area contributed by atoms with Crippen molar-refractivity contribution in [2.24, 2.45) is 0 Å². The van der Waals surface area contributed by atoms with Crippen LogP contribution in [0.5, 0.6) is 0 Å². The Morgan fingerprint density at radius 1 is 1.33 bits per heavy atom. The van der Waals surface area contributed by atoms with Gasteiger partial charge in [0, 0.05) is 4.88 Å². The fraction of sp³-hybridized carbons (Fsp3) is 0.143. The molecule has 0 aliphatic carbocycles. The minimum atomic E-state index is -0.538. The van der Waals surface area contributed by atoms with Crippen LogP contribution in [-0.2, 0) is 16.1 Å². The van der Waals surface area contributed by atoms with Gasteiger partial charge in [-0.3, -0.25) is 9.59 Å². The Labute approximate surface area is 123 Å². The Bertz CT molecular complexity index is 855. The molecule has 0 aliphatic heterocycles. The predicted octanol–water partition coefficient (Wildman–Crippen LogP) is 1.69. The van der Waals surface area contributed by atoms with E-state index in [9.17, 15) is 9.59 Å². The van der Waals surface area contributed by atoms with Crippen LogP contribution >= 0.6 is 11.3 Å². The quantitative estimate of drug-likeness (QED) is 0.688. The molecule has 0 saturated carbocycles. The van der Waals surface area contributed by atoms with Gasteiger partial charge in [-0.1, -0.05) is 35.5 Å². The molecule has 0 atom stereocenters. The standard InChI is InChI=1S/C14H11N3O3S/c1-20-12(18)8-17-14(19)10-7-11(21-13(10)15-16-17)9-5-3-2-4-6-9/h2-7H,8H2,1H3. The summed E-state index contributed by atoms with van der Waals surface area (Å²) in [4.78, 5) is 25.0. The monoisotopic (exact) mass is 301 g/mol. The van der Waals surface area contributed by atoms with Crippen LogP contribution in [-0.4, -0.2) is 28.1 Å². The zero-order valence-corrected chi connectivity index (χ0v) is 12.0. The summed E-state index contributed by atoms with van der Waals surface area (Å²) >= 11 is 1.39. The highest BCUT2D eigenvalue weighted by Gasteiger charge is 2.13. The minimum Gasteiger partial charge on any atom is -0.468 e. The van der Waals surface area contributed by atoms with Gasteiger partial charge >= 0.3 is 5.97 Å². The summed E-state index contributed by atoms with van der Waals surface area (Å²) in [6.45, 7) is -0.241. The number of rotatable bonds is 3. The molecule has 0 fully saturated rings. The molecule has 0 aliphatic rings. The van der Waals surface area contributed by atoms with Crippen LogP contribution in [0.1, 0.15) is 0 Å². The van der Waals surface area contributed by atoms with E-state index in [0.717, 1.165) is 15.1 Å². The number of fused-ring (bicyclic) bond motifs is 1. The lowest BCUT2D eigenvalue weighted by Crippen LogP contribution is -2.27. The smallest absolute Gasteiger partial charge is 0.327 e. The molecule has 0 spiro atoms. The van der Waals surface area contributed by atoms with E-state index in [-0.39, 0.29) is 12.1 Å². The molecule has 1 aromatic carbocycles. The van der Waals surface area contributed by atoms with E-state index in [1.807, 2.05) is 30.3 Å². The van der Waals surface area contributed by atoms with Gasteiger partial charge in [-0.05, 0) is 11.6 Å². The van der Waals surface area contributed by atoms with Crippen molar-refractivity contribution in [1.29, 1.82) is 0 Å². The van der Waals surface area contributed by atoms with Crippen molar-refractivity contribution in [3.8, 4) is 10.4 Å². The van der Waals surface area contributed by atoms with E-state index in [1.165, 1.54) is 18.4 Å². The molecule has 2 heterocycles. The van der Waals surface area contributed by atoms with Gasteiger partial charge < -0.3 is 4.74 Å². The lowest BCUT2D eigenvalue weighted by atomic mass is 10.2. The van der Waals surface area contributed by atoms with Gasteiger partial charge in [0.25, 0.3) is 5.56 Å². The van der Waals surface area contributed by atoms with Crippen LogP contribution in [0, 0.1) is 0 Å². The number of hydrogen-bond acceptors (Lipinski definition) is 6. The molecular formula is C14H11N3O3S. The highest BCUT2D eigenvalue weighted by molar-refractivity contribution is 7.21. The van der Waals surface area contributed by atoms with E-state index in [2.05, 4.69) is 15.0 Å². The van der Waals surface area contributed by atoms with E-state index >= 15 is 0 Å². The summed E-state index contributed by atoms with van der Waals surface area (Å²) in [6.07, 6.45) is 0. The maximum absolute atomic E-state index is 12.3. The first-order valence-electron chi connectivity index (χ1n) is 6.18. The molecule has 6 nitrogen and oxygen atoms in total. The summed E-state index contributed by atoms with van der Waals surface area (Å²) in [6, 6.07) is 11.5. The van der Waals surface area contributed by atoms with E-state index < -0.39 is 5.97 Å². The van der Waals surface area contributed by atoms with Crippen LogP contribution in [0.3, 0.4) is 0 Å². The van der Waals surface area contributed by atoms with Gasteiger partial charge in [0.1, 0.15) is 6.54 Å². The summed E-state index contributed by atoms with van der Waals surface area (Å²) in [5.41, 5.74) is 0.670. The number of aromatic nitrogens is 3. The molecule has 7 heteroatoms. The number of benzene rings is 1. The maximum Gasteiger partial charge on any atom is 0.327 e. The van der Waals surface area contributed by atoms with E-state index in [1.54, 1.807) is 6.07 Å². The zero-order valence-electron chi connectivity index (χ0n) is 11.1. The number of nitrogens with zero attached hydrogens (tertiary/aromatic N) is 3. The third-order valence-electron chi connectivity index (χ3n) is 2.99. The molecule has 106 valence electrons. The van der Waals surface area contributed by atoms with E-state index in [4.69, 9.17) is 0 Å². The lowest BCUT2D eigenvalue weighted by Gasteiger charge is -2.00. The summed E-state index contributed by atoms with van der Waals surface area (Å²) in [7, 11) is 1.26. The molecule has 0 radical (unpaired) electrons. The van der Waals surface area contributed by atoms with Crippen molar-refractivity contribution in [3.63, 3.8) is 0 Å². The number of hydrogen-bond donors (Lipinski definition) is 0. The molecule has 0 N–H and O–H groups in total. The molecule has 0 saturated heterocycles. The summed E-state index contributed by atoms with van der Waals surface area (Å²) in [5.74, 6) is -0.538. The average molecular weight is 301 g/mol. The Morgan fingerprint density at radius 3 is 2.81 bits per heavy atom. The molecule has 3 aromatic rings. The van der Waals surface area contributed by atoms with Crippen molar-refractivity contribution < 1.29 is 9.53 Å². The Kier molecular flexibility index (Phi) is 3.49. The second kappa shape index (κ2) is 5.45. The number of thiophene rings is 1. The topological polar surface area (TPSA) is 74.1 Å². The normalized spacial score (nSPS) is 10.7. The number of methoxy groups -OCH3 is 1. The first kappa shape index (κ1) is 13.4. The number of carbonyl (C=O) groups is 1. The van der Waals surface area contributed by atoms with Crippen molar-refractivity contribution >= 4 is 27.5 Å². The third kappa shape index (κ3) is 2.55. The highest BCUT2D eigenvalue weighted by Crippen LogP contribution is 2.30. The minimum absolute atomic E-state index is 0.241. The van der Waals surface area contributed by atoms with Gasteiger partial charge in [-0.15, -0.1) is 16.4 Å². The summed E-state index contributed by atoms with van der Waals surface area (Å²) in [5, 5.41) is 8.22. The van der Waals surface area contributed by atoms with E-state index in [0.29, 0.717) is 10.2 Å². The van der Waals surface area contributed by atoms with Crippen molar-refractivity contribution in [2.75, 3.05) is 7.11 Å². The van der Waals surface area contributed by atoms with Crippen molar-refractivity contribution in [1.82, 2.24) is 15.0 Å². The second-order valence-corrected chi connectivity index (χ2v) is 5.35. The second-order valence-electron chi connectivity index (χ2n) is 4.32. The van der Waals surface area contributed by atoms with Crippen LogP contribution < -0.4 is 5.56 Å². The van der Waals surface area contributed by atoms with Crippen molar-refractivity contribution in [2.45, 2.75) is 6.54 Å². The van der Waals surface area contributed by atoms with Gasteiger partial charge in [0.2, 0.25) is 0 Å². The van der Waals surface area contributed by atoms with Gasteiger partial charge in [-0.25, -0.2) is 0 Å². The molecule has 0 unspecified atom stereocenters. The lowest BCUT2D eigenvalue weighted by molar-refractivity contribution is -0.141. The Morgan fingerprint density at radius 2 is 2.10 bits per heavy atom. The molecule has 21 heavy (non-hydrogen) atoms. The number of esters is 1. The van der Waals surface area contributed by atoms with Crippen LogP contribution in [0.4, 0.5) is 0 Å². The highest BCUT2D eigenvalue weighted by atomic mass is 32.1. The Balaban J connectivity index is 2.08. The molecule has 0 amide bonds. The predicted molar refractivity (Wildman–Crippen MR) is 79.1 cm³/mol. The molecule has 3 rings (SSSR count). The van der Waals surface area contributed by atoms with Crippen LogP contribution in [0.2, 0.25) is 0 Å². The van der Waals surface area contributed by atoms with Crippen molar-refractivity contribution in [3.05, 3.63) is 46.8 Å². The first-order valence-corrected chi connectivity index (χ1v) is 7.00. The maximum atomic E-state index is 12.3. The third-order valence-corrected chi connectivity index (χ3v) is 4.05. The zero-order chi connectivity index (χ0) is 14.8. The first-order chi connectivity index (χ1) is 10.2.